The third-order valence-corrected chi connectivity index (χ3v) is 2.05. The van der Waals surface area contributed by atoms with Crippen LogP contribution in [0.1, 0.15) is 23.2 Å². The number of pyridine rings is 1. The molecule has 1 aromatic rings. The number of ketones is 1. The van der Waals surface area contributed by atoms with Gasteiger partial charge in [-0.15, -0.1) is 0 Å². The highest BCUT2D eigenvalue weighted by molar-refractivity contribution is 5.99. The Balaban J connectivity index is 2.42. The first kappa shape index (κ1) is 8.29. The Morgan fingerprint density at radius 3 is 2.31 bits per heavy atom. The summed E-state index contributed by atoms with van der Waals surface area (Å²) in [4.78, 5) is 14.6. The first-order valence-electron chi connectivity index (χ1n) is 4.03. The predicted molar refractivity (Wildman–Crippen MR) is 41.2 cm³/mol. The monoisotopic (exact) mass is 183 g/mol. The van der Waals surface area contributed by atoms with Crippen LogP contribution in [-0.2, 0) is 0 Å². The molecule has 1 aliphatic rings. The summed E-state index contributed by atoms with van der Waals surface area (Å²) in [5.41, 5.74) is -0.433. The number of Topliss-reactive ketones (excluding diaryl/α,β-unsaturated/α-hetero) is 1. The number of aromatic nitrogens is 1. The number of hydrogen-bond acceptors (Lipinski definition) is 2. The number of rotatable bonds is 2. The second kappa shape index (κ2) is 2.87. The topological polar surface area (TPSA) is 30.0 Å². The van der Waals surface area contributed by atoms with Crippen molar-refractivity contribution in [3.8, 4) is 0 Å². The molecule has 0 aromatic carbocycles. The first-order valence-corrected chi connectivity index (χ1v) is 4.03. The summed E-state index contributed by atoms with van der Waals surface area (Å²) >= 11 is 0. The minimum Gasteiger partial charge on any atom is -0.294 e. The Labute approximate surface area is 73.6 Å². The van der Waals surface area contributed by atoms with Gasteiger partial charge in [-0.05, 0) is 12.8 Å². The van der Waals surface area contributed by atoms with Gasteiger partial charge in [-0.2, -0.15) is 0 Å². The molecule has 0 radical (unpaired) electrons. The molecule has 4 heteroatoms. The van der Waals surface area contributed by atoms with Gasteiger partial charge in [0.15, 0.2) is 17.4 Å². The van der Waals surface area contributed by atoms with Crippen LogP contribution in [0.4, 0.5) is 8.78 Å². The van der Waals surface area contributed by atoms with Crippen LogP contribution in [-0.4, -0.2) is 10.8 Å². The number of carbonyl (C=O) groups excluding carboxylic acids is 1. The molecule has 1 saturated carbocycles. The number of nitrogens with zero attached hydrogens (tertiary/aromatic N) is 1. The molecular weight excluding hydrogens is 176 g/mol. The number of halogens is 2. The molecule has 0 atom stereocenters. The Bertz CT molecular complexity index is 340. The van der Waals surface area contributed by atoms with Crippen molar-refractivity contribution in [3.05, 3.63) is 29.6 Å². The van der Waals surface area contributed by atoms with Crippen molar-refractivity contribution in [3.63, 3.8) is 0 Å². The van der Waals surface area contributed by atoms with E-state index in [2.05, 4.69) is 4.98 Å². The SMILES string of the molecule is O=C(c1c(F)cncc1F)C1CC1. The smallest absolute Gasteiger partial charge is 0.171 e. The summed E-state index contributed by atoms with van der Waals surface area (Å²) in [6.45, 7) is 0. The van der Waals surface area contributed by atoms with Crippen molar-refractivity contribution in [2.24, 2.45) is 5.92 Å². The Kier molecular flexibility index (Phi) is 1.83. The Hall–Kier alpha value is -1.32. The highest BCUT2D eigenvalue weighted by Gasteiger charge is 2.33. The summed E-state index contributed by atoms with van der Waals surface area (Å²) in [6.07, 6.45) is 3.19. The van der Waals surface area contributed by atoms with E-state index < -0.39 is 23.0 Å². The maximum absolute atomic E-state index is 13.0. The van der Waals surface area contributed by atoms with E-state index in [1.165, 1.54) is 0 Å². The highest BCUT2D eigenvalue weighted by Crippen LogP contribution is 2.33. The minimum absolute atomic E-state index is 0.175. The maximum atomic E-state index is 13.0. The third kappa shape index (κ3) is 1.43. The first-order chi connectivity index (χ1) is 6.20. The van der Waals surface area contributed by atoms with Gasteiger partial charge < -0.3 is 0 Å². The maximum Gasteiger partial charge on any atom is 0.171 e. The summed E-state index contributed by atoms with van der Waals surface area (Å²) in [5, 5.41) is 0. The van der Waals surface area contributed by atoms with Crippen LogP contribution < -0.4 is 0 Å². The van der Waals surface area contributed by atoms with E-state index in [1.807, 2.05) is 0 Å². The molecule has 1 aliphatic carbocycles. The fraction of sp³-hybridized carbons (Fsp3) is 0.333. The largest absolute Gasteiger partial charge is 0.294 e. The van der Waals surface area contributed by atoms with E-state index in [1.54, 1.807) is 0 Å². The molecular formula is C9H7F2NO. The van der Waals surface area contributed by atoms with Gasteiger partial charge in [0, 0.05) is 5.92 Å². The number of carbonyl (C=O) groups is 1. The van der Waals surface area contributed by atoms with Crippen LogP contribution in [0.2, 0.25) is 0 Å². The van der Waals surface area contributed by atoms with Crippen LogP contribution in [0.3, 0.4) is 0 Å². The van der Waals surface area contributed by atoms with Crippen molar-refractivity contribution >= 4 is 5.78 Å². The standard InChI is InChI=1S/C9H7F2NO/c10-6-3-12-4-7(11)8(6)9(13)5-1-2-5/h3-5H,1-2H2. The summed E-state index contributed by atoms with van der Waals surface area (Å²) in [6, 6.07) is 0. The Morgan fingerprint density at radius 2 is 1.85 bits per heavy atom. The van der Waals surface area contributed by atoms with Gasteiger partial charge in [-0.1, -0.05) is 0 Å². The third-order valence-electron chi connectivity index (χ3n) is 2.05. The second-order valence-corrected chi connectivity index (χ2v) is 3.12. The van der Waals surface area contributed by atoms with Gasteiger partial charge >= 0.3 is 0 Å². The summed E-state index contributed by atoms with van der Waals surface area (Å²) in [7, 11) is 0. The van der Waals surface area contributed by atoms with E-state index in [0.717, 1.165) is 25.2 Å². The van der Waals surface area contributed by atoms with Crippen LogP contribution >= 0.6 is 0 Å². The van der Waals surface area contributed by atoms with E-state index in [9.17, 15) is 13.6 Å². The van der Waals surface area contributed by atoms with Crippen molar-refractivity contribution in [1.29, 1.82) is 0 Å². The average Bonchev–Trinajstić information content (AvgIpc) is 2.85. The molecule has 13 heavy (non-hydrogen) atoms. The molecule has 0 spiro atoms. The van der Waals surface area contributed by atoms with Crippen LogP contribution in [0.15, 0.2) is 12.4 Å². The van der Waals surface area contributed by atoms with Gasteiger partial charge in [-0.3, -0.25) is 9.78 Å². The van der Waals surface area contributed by atoms with Crippen LogP contribution in [0.5, 0.6) is 0 Å². The fourth-order valence-electron chi connectivity index (χ4n) is 1.20. The van der Waals surface area contributed by atoms with E-state index in [0.29, 0.717) is 0 Å². The summed E-state index contributed by atoms with van der Waals surface area (Å²) in [5.74, 6) is -2.34. The predicted octanol–water partition coefficient (Wildman–Crippen LogP) is 1.95. The molecule has 0 N–H and O–H groups in total. The van der Waals surface area contributed by atoms with Gasteiger partial charge in [-0.25, -0.2) is 8.78 Å². The molecule has 0 amide bonds. The highest BCUT2D eigenvalue weighted by atomic mass is 19.1. The van der Waals surface area contributed by atoms with E-state index >= 15 is 0 Å². The quantitative estimate of drug-likeness (QED) is 0.656. The molecule has 0 aliphatic heterocycles. The van der Waals surface area contributed by atoms with Gasteiger partial charge in [0.25, 0.3) is 0 Å². The number of hydrogen-bond donors (Lipinski definition) is 0. The lowest BCUT2D eigenvalue weighted by Crippen LogP contribution is -2.08. The molecule has 68 valence electrons. The van der Waals surface area contributed by atoms with Crippen molar-refractivity contribution in [1.82, 2.24) is 4.98 Å². The lowest BCUT2D eigenvalue weighted by Gasteiger charge is -2.00. The summed E-state index contributed by atoms with van der Waals surface area (Å²) < 4.78 is 25.9. The molecule has 0 bridgehead atoms. The van der Waals surface area contributed by atoms with Crippen LogP contribution in [0, 0.1) is 17.6 Å². The molecule has 1 aromatic heterocycles. The van der Waals surface area contributed by atoms with Gasteiger partial charge in [0.05, 0.1) is 18.0 Å². The van der Waals surface area contributed by atoms with Crippen molar-refractivity contribution < 1.29 is 13.6 Å². The van der Waals surface area contributed by atoms with E-state index in [4.69, 9.17) is 0 Å². The molecule has 0 saturated heterocycles. The van der Waals surface area contributed by atoms with Crippen LogP contribution in [0.25, 0.3) is 0 Å². The second-order valence-electron chi connectivity index (χ2n) is 3.12. The zero-order valence-corrected chi connectivity index (χ0v) is 6.76. The van der Waals surface area contributed by atoms with E-state index in [-0.39, 0.29) is 5.92 Å². The normalized spacial score (nSPS) is 15.8. The molecule has 0 unspecified atom stereocenters. The Morgan fingerprint density at radius 1 is 1.31 bits per heavy atom. The zero-order valence-electron chi connectivity index (χ0n) is 6.76. The van der Waals surface area contributed by atoms with Gasteiger partial charge in [0.2, 0.25) is 0 Å². The molecule has 1 fully saturated rings. The fourth-order valence-corrected chi connectivity index (χ4v) is 1.20. The van der Waals surface area contributed by atoms with Gasteiger partial charge in [0.1, 0.15) is 0 Å². The average molecular weight is 183 g/mol. The van der Waals surface area contributed by atoms with Crippen molar-refractivity contribution in [2.45, 2.75) is 12.8 Å². The molecule has 2 rings (SSSR count). The van der Waals surface area contributed by atoms with Crippen molar-refractivity contribution in [2.75, 3.05) is 0 Å². The lowest BCUT2D eigenvalue weighted by molar-refractivity contribution is 0.0959. The minimum atomic E-state index is -0.864. The zero-order chi connectivity index (χ0) is 9.42. The molecule has 1 heterocycles. The molecule has 2 nitrogen and oxygen atoms in total. The lowest BCUT2D eigenvalue weighted by atomic mass is 10.1.